The summed E-state index contributed by atoms with van der Waals surface area (Å²) in [6.07, 6.45) is 2.94. The number of carbonyl (C=O) groups excluding carboxylic acids is 1. The number of aromatic nitrogens is 1. The fourth-order valence-electron chi connectivity index (χ4n) is 2.08. The molecule has 0 aromatic carbocycles. The monoisotopic (exact) mass is 269 g/mol. The zero-order valence-corrected chi connectivity index (χ0v) is 11.3. The molecule has 2 heterocycles. The van der Waals surface area contributed by atoms with Gasteiger partial charge in [-0.3, -0.25) is 4.79 Å². The number of rotatable bonds is 2. The Morgan fingerprint density at radius 3 is 3.00 bits per heavy atom. The summed E-state index contributed by atoms with van der Waals surface area (Å²) in [6.45, 7) is 2.61. The van der Waals surface area contributed by atoms with Gasteiger partial charge in [0, 0.05) is 11.9 Å². The molecule has 1 aliphatic heterocycles. The van der Waals surface area contributed by atoms with Crippen molar-refractivity contribution in [2.45, 2.75) is 32.2 Å². The standard InChI is InChI=1S/C11H15N3OS2/c1-7-13-8(6-17-7)11(15)14-5-3-2-4-9(14)10(12)16/h6,9H,2-5H2,1H3,(H2,12,16). The molecule has 1 aliphatic rings. The van der Waals surface area contributed by atoms with E-state index in [4.69, 9.17) is 18.0 Å². The van der Waals surface area contributed by atoms with Gasteiger partial charge in [-0.15, -0.1) is 11.3 Å². The number of amides is 1. The normalized spacial score (nSPS) is 20.3. The Morgan fingerprint density at radius 1 is 1.65 bits per heavy atom. The van der Waals surface area contributed by atoms with Gasteiger partial charge >= 0.3 is 0 Å². The number of thiazole rings is 1. The molecule has 92 valence electrons. The molecule has 0 aliphatic carbocycles. The summed E-state index contributed by atoms with van der Waals surface area (Å²) in [5, 5.41) is 2.69. The third-order valence-electron chi connectivity index (χ3n) is 2.93. The third-order valence-corrected chi connectivity index (χ3v) is 3.98. The smallest absolute Gasteiger partial charge is 0.273 e. The van der Waals surface area contributed by atoms with Crippen molar-refractivity contribution in [3.63, 3.8) is 0 Å². The summed E-state index contributed by atoms with van der Waals surface area (Å²) >= 11 is 6.52. The lowest BCUT2D eigenvalue weighted by Crippen LogP contribution is -2.49. The summed E-state index contributed by atoms with van der Waals surface area (Å²) in [7, 11) is 0. The summed E-state index contributed by atoms with van der Waals surface area (Å²) in [6, 6.07) is -0.103. The van der Waals surface area contributed by atoms with Crippen LogP contribution in [-0.4, -0.2) is 33.4 Å². The van der Waals surface area contributed by atoms with Gasteiger partial charge in [0.05, 0.1) is 16.0 Å². The number of hydrogen-bond donors (Lipinski definition) is 1. The number of carbonyl (C=O) groups is 1. The van der Waals surface area contributed by atoms with Crippen molar-refractivity contribution >= 4 is 34.5 Å². The number of nitrogens with two attached hydrogens (primary N) is 1. The van der Waals surface area contributed by atoms with Crippen LogP contribution in [-0.2, 0) is 0 Å². The number of likely N-dealkylation sites (tertiary alicyclic amines) is 1. The van der Waals surface area contributed by atoms with E-state index < -0.39 is 0 Å². The van der Waals surface area contributed by atoms with Crippen molar-refractivity contribution < 1.29 is 4.79 Å². The lowest BCUT2D eigenvalue weighted by atomic mass is 10.0. The van der Waals surface area contributed by atoms with Gasteiger partial charge < -0.3 is 10.6 Å². The zero-order chi connectivity index (χ0) is 12.4. The number of piperidine rings is 1. The van der Waals surface area contributed by atoms with Crippen LogP contribution in [0.2, 0.25) is 0 Å². The molecule has 0 spiro atoms. The van der Waals surface area contributed by atoms with Crippen LogP contribution in [0, 0.1) is 6.92 Å². The van der Waals surface area contributed by atoms with Gasteiger partial charge in [0.25, 0.3) is 5.91 Å². The number of aryl methyl sites for hydroxylation is 1. The molecule has 1 amide bonds. The van der Waals surface area contributed by atoms with E-state index in [1.807, 2.05) is 6.92 Å². The highest BCUT2D eigenvalue weighted by Crippen LogP contribution is 2.20. The van der Waals surface area contributed by atoms with Gasteiger partial charge in [0.15, 0.2) is 0 Å². The Bertz CT molecular complexity index is 444. The van der Waals surface area contributed by atoms with Crippen LogP contribution >= 0.6 is 23.6 Å². The molecule has 1 unspecified atom stereocenters. The Balaban J connectivity index is 2.19. The van der Waals surface area contributed by atoms with E-state index in [1.165, 1.54) is 11.3 Å². The van der Waals surface area contributed by atoms with Crippen LogP contribution in [0.3, 0.4) is 0 Å². The molecule has 1 saturated heterocycles. The summed E-state index contributed by atoms with van der Waals surface area (Å²) in [5.74, 6) is -0.0492. The largest absolute Gasteiger partial charge is 0.392 e. The number of hydrogen-bond acceptors (Lipinski definition) is 4. The minimum absolute atomic E-state index is 0.0492. The van der Waals surface area contributed by atoms with Crippen LogP contribution in [0.15, 0.2) is 5.38 Å². The zero-order valence-electron chi connectivity index (χ0n) is 9.68. The quantitative estimate of drug-likeness (QED) is 0.831. The maximum absolute atomic E-state index is 12.3. The van der Waals surface area contributed by atoms with E-state index in [9.17, 15) is 4.79 Å². The average molecular weight is 269 g/mol. The fourth-order valence-corrected chi connectivity index (χ4v) is 2.91. The average Bonchev–Trinajstić information content (AvgIpc) is 2.75. The highest BCUT2D eigenvalue weighted by atomic mass is 32.1. The third kappa shape index (κ3) is 2.63. The van der Waals surface area contributed by atoms with Crippen LogP contribution in [0.1, 0.15) is 34.8 Å². The van der Waals surface area contributed by atoms with Gasteiger partial charge in [-0.1, -0.05) is 12.2 Å². The van der Waals surface area contributed by atoms with Crippen LogP contribution in [0.4, 0.5) is 0 Å². The lowest BCUT2D eigenvalue weighted by molar-refractivity contribution is 0.0676. The molecule has 0 radical (unpaired) electrons. The van der Waals surface area contributed by atoms with Gasteiger partial charge in [-0.25, -0.2) is 4.98 Å². The summed E-state index contributed by atoms with van der Waals surface area (Å²) < 4.78 is 0. The summed E-state index contributed by atoms with van der Waals surface area (Å²) in [4.78, 5) is 18.7. The van der Waals surface area contributed by atoms with Crippen LogP contribution in [0.25, 0.3) is 0 Å². The molecular weight excluding hydrogens is 254 g/mol. The number of nitrogens with zero attached hydrogens (tertiary/aromatic N) is 2. The van der Waals surface area contributed by atoms with E-state index in [1.54, 1.807) is 10.3 Å². The van der Waals surface area contributed by atoms with E-state index >= 15 is 0 Å². The first kappa shape index (κ1) is 12.4. The highest BCUT2D eigenvalue weighted by molar-refractivity contribution is 7.80. The Morgan fingerprint density at radius 2 is 2.41 bits per heavy atom. The minimum atomic E-state index is -0.103. The fraction of sp³-hybridized carbons (Fsp3) is 0.545. The van der Waals surface area contributed by atoms with Gasteiger partial charge in [0.2, 0.25) is 0 Å². The van der Waals surface area contributed by atoms with E-state index in [2.05, 4.69) is 4.98 Å². The maximum atomic E-state index is 12.3. The molecule has 2 N–H and O–H groups in total. The molecule has 0 saturated carbocycles. The Kier molecular flexibility index (Phi) is 3.73. The molecule has 6 heteroatoms. The molecule has 1 aromatic heterocycles. The van der Waals surface area contributed by atoms with Crippen molar-refractivity contribution in [2.75, 3.05) is 6.54 Å². The number of thiocarbonyl (C=S) groups is 1. The maximum Gasteiger partial charge on any atom is 0.273 e. The predicted molar refractivity (Wildman–Crippen MR) is 72.3 cm³/mol. The first-order valence-corrected chi connectivity index (χ1v) is 6.91. The minimum Gasteiger partial charge on any atom is -0.392 e. The SMILES string of the molecule is Cc1nc(C(=O)N2CCCCC2C(N)=S)cs1. The molecule has 4 nitrogen and oxygen atoms in total. The van der Waals surface area contributed by atoms with Gasteiger partial charge in [-0.05, 0) is 26.2 Å². The first-order chi connectivity index (χ1) is 8.09. The van der Waals surface area contributed by atoms with Crippen LogP contribution in [0.5, 0.6) is 0 Å². The van der Waals surface area contributed by atoms with Gasteiger partial charge in [-0.2, -0.15) is 0 Å². The first-order valence-electron chi connectivity index (χ1n) is 5.62. The molecule has 2 rings (SSSR count). The van der Waals surface area contributed by atoms with Gasteiger partial charge in [0.1, 0.15) is 5.69 Å². The lowest BCUT2D eigenvalue weighted by Gasteiger charge is -2.34. The second-order valence-electron chi connectivity index (χ2n) is 4.16. The highest BCUT2D eigenvalue weighted by Gasteiger charge is 2.30. The molecule has 17 heavy (non-hydrogen) atoms. The van der Waals surface area contributed by atoms with E-state index in [0.717, 1.165) is 30.8 Å². The van der Waals surface area contributed by atoms with Crippen molar-refractivity contribution in [1.29, 1.82) is 0 Å². The molecule has 1 aromatic rings. The molecular formula is C11H15N3OS2. The predicted octanol–water partition coefficient (Wildman–Crippen LogP) is 1.73. The molecule has 1 fully saturated rings. The van der Waals surface area contributed by atoms with E-state index in [0.29, 0.717) is 10.7 Å². The second-order valence-corrected chi connectivity index (χ2v) is 5.70. The molecule has 0 bridgehead atoms. The van der Waals surface area contributed by atoms with Crippen molar-refractivity contribution in [3.8, 4) is 0 Å². The van der Waals surface area contributed by atoms with Crippen molar-refractivity contribution in [1.82, 2.24) is 9.88 Å². The van der Waals surface area contributed by atoms with Crippen molar-refractivity contribution in [2.24, 2.45) is 5.73 Å². The summed E-state index contributed by atoms with van der Waals surface area (Å²) in [5.41, 5.74) is 6.21. The Hall–Kier alpha value is -1.01. The topological polar surface area (TPSA) is 59.2 Å². The van der Waals surface area contributed by atoms with Crippen LogP contribution < -0.4 is 5.73 Å². The molecule has 1 atom stereocenters. The van der Waals surface area contributed by atoms with Crippen molar-refractivity contribution in [3.05, 3.63) is 16.1 Å². The second kappa shape index (κ2) is 5.10. The van der Waals surface area contributed by atoms with E-state index in [-0.39, 0.29) is 11.9 Å². The Labute approximate surface area is 110 Å².